The molecule has 0 radical (unpaired) electrons. The van der Waals surface area contributed by atoms with Crippen LogP contribution in [0.1, 0.15) is 23.7 Å². The Morgan fingerprint density at radius 1 is 1.22 bits per heavy atom. The predicted molar refractivity (Wildman–Crippen MR) is 119 cm³/mol. The number of carbonyl (C=O) groups excluding carboxylic acids is 3. The first-order chi connectivity index (χ1) is 15.5. The molecule has 3 heterocycles. The van der Waals surface area contributed by atoms with Crippen LogP contribution in [-0.2, 0) is 25.5 Å². The fraction of sp³-hybridized carbons (Fsp3) is 0.174. The first-order valence-corrected chi connectivity index (χ1v) is 9.93. The average Bonchev–Trinajstić information content (AvgIpc) is 3.33. The predicted octanol–water partition coefficient (Wildman–Crippen LogP) is 1.70. The minimum Gasteiger partial charge on any atom is -0.467 e. The Balaban J connectivity index is 1.81. The van der Waals surface area contributed by atoms with E-state index in [0.29, 0.717) is 22.5 Å². The van der Waals surface area contributed by atoms with E-state index in [1.165, 1.54) is 14.0 Å². The Morgan fingerprint density at radius 3 is 2.75 bits per heavy atom. The van der Waals surface area contributed by atoms with Crippen LogP contribution >= 0.6 is 0 Å². The number of amides is 2. The second-order valence-electron chi connectivity index (χ2n) is 7.24. The summed E-state index contributed by atoms with van der Waals surface area (Å²) in [5.74, 6) is -1.25. The van der Waals surface area contributed by atoms with Crippen LogP contribution in [0.3, 0.4) is 0 Å². The lowest BCUT2D eigenvalue weighted by Gasteiger charge is -2.16. The smallest absolute Gasteiger partial charge is 0.328 e. The van der Waals surface area contributed by atoms with E-state index >= 15 is 0 Å². The molecule has 0 saturated carbocycles. The van der Waals surface area contributed by atoms with Crippen LogP contribution in [-0.4, -0.2) is 46.6 Å². The molecule has 0 spiro atoms. The number of H-pyrrole nitrogens is 1. The van der Waals surface area contributed by atoms with Gasteiger partial charge in [0.15, 0.2) is 0 Å². The molecule has 4 rings (SSSR count). The summed E-state index contributed by atoms with van der Waals surface area (Å²) in [6.45, 7) is 1.34. The summed E-state index contributed by atoms with van der Waals surface area (Å²) < 4.78 is 4.87. The zero-order valence-electron chi connectivity index (χ0n) is 17.5. The number of nitrogens with zero attached hydrogens (tertiary/aromatic N) is 2. The molecule has 1 aliphatic rings. The average molecular weight is 431 g/mol. The van der Waals surface area contributed by atoms with Crippen molar-refractivity contribution in [3.63, 3.8) is 0 Å². The summed E-state index contributed by atoms with van der Waals surface area (Å²) >= 11 is 0. The molecule has 2 aromatic heterocycles. The minimum absolute atomic E-state index is 0.177. The zero-order chi connectivity index (χ0) is 22.7. The van der Waals surface area contributed by atoms with E-state index in [0.717, 1.165) is 16.5 Å². The van der Waals surface area contributed by atoms with Crippen molar-refractivity contribution in [3.05, 3.63) is 71.2 Å². The molecule has 32 heavy (non-hydrogen) atoms. The lowest BCUT2D eigenvalue weighted by Crippen LogP contribution is -2.42. The van der Waals surface area contributed by atoms with E-state index in [9.17, 15) is 14.4 Å². The van der Waals surface area contributed by atoms with Gasteiger partial charge in [0.2, 0.25) is 5.91 Å². The van der Waals surface area contributed by atoms with Gasteiger partial charge in [-0.1, -0.05) is 18.2 Å². The molecule has 3 aromatic rings. The minimum atomic E-state index is -0.877. The van der Waals surface area contributed by atoms with Gasteiger partial charge >= 0.3 is 5.97 Å². The normalized spacial score (nSPS) is 15.4. The van der Waals surface area contributed by atoms with Crippen LogP contribution in [0, 0.1) is 0 Å². The van der Waals surface area contributed by atoms with Gasteiger partial charge in [-0.3, -0.25) is 14.6 Å². The zero-order valence-corrected chi connectivity index (χ0v) is 17.5. The van der Waals surface area contributed by atoms with Crippen LogP contribution in [0.4, 0.5) is 0 Å². The number of fused-ring (bicyclic) bond motifs is 1. The molecule has 0 bridgehead atoms. The number of aromatic nitrogens is 2. The monoisotopic (exact) mass is 431 g/mol. The number of nitrogens with one attached hydrogen (secondary N) is 3. The van der Waals surface area contributed by atoms with Crippen molar-refractivity contribution >= 4 is 40.5 Å². The van der Waals surface area contributed by atoms with Crippen molar-refractivity contribution in [3.8, 4) is 0 Å². The molecule has 162 valence electrons. The maximum Gasteiger partial charge on any atom is 0.328 e. The summed E-state index contributed by atoms with van der Waals surface area (Å²) in [4.78, 5) is 43.9. The standard InChI is InChI=1S/C23H21N5O4/c1-13(29)25-20(23(31)32-2)10-16-15-7-3-4-8-18(15)26-19(16)11-17-21(27-28-22(17)30)14-6-5-9-24-12-14/h3-9,11-12,20,26H,10H2,1-2H3,(H,25,29)(H,28,30)/b17-11-. The first-order valence-electron chi connectivity index (χ1n) is 9.93. The Kier molecular flexibility index (Phi) is 5.80. The van der Waals surface area contributed by atoms with Crippen LogP contribution < -0.4 is 10.7 Å². The fourth-order valence-corrected chi connectivity index (χ4v) is 3.68. The Bertz CT molecular complexity index is 1260. The number of pyridine rings is 1. The Hall–Kier alpha value is -4.27. The lowest BCUT2D eigenvalue weighted by atomic mass is 9.98. The molecule has 9 heteroatoms. The third-order valence-corrected chi connectivity index (χ3v) is 5.11. The number of hydrogen-bond acceptors (Lipinski definition) is 6. The highest BCUT2D eigenvalue weighted by Gasteiger charge is 2.27. The number of hydrazone groups is 1. The summed E-state index contributed by atoms with van der Waals surface area (Å²) in [5.41, 5.74) is 6.25. The van der Waals surface area contributed by atoms with E-state index < -0.39 is 12.0 Å². The fourth-order valence-electron chi connectivity index (χ4n) is 3.68. The van der Waals surface area contributed by atoms with Crippen molar-refractivity contribution in [2.24, 2.45) is 5.10 Å². The van der Waals surface area contributed by atoms with Gasteiger partial charge in [-0.25, -0.2) is 10.2 Å². The van der Waals surface area contributed by atoms with Gasteiger partial charge < -0.3 is 15.0 Å². The number of benzene rings is 1. The van der Waals surface area contributed by atoms with E-state index in [2.05, 4.69) is 25.8 Å². The first kappa shape index (κ1) is 21.0. The molecule has 1 unspecified atom stereocenters. The molecule has 0 fully saturated rings. The van der Waals surface area contributed by atoms with Crippen LogP contribution in [0.5, 0.6) is 0 Å². The second kappa shape index (κ2) is 8.84. The third-order valence-electron chi connectivity index (χ3n) is 5.11. The Labute approximate surface area is 183 Å². The number of aromatic amines is 1. The van der Waals surface area contributed by atoms with Gasteiger partial charge in [-0.15, -0.1) is 0 Å². The number of carbonyl (C=O) groups is 3. The maximum atomic E-state index is 12.6. The van der Waals surface area contributed by atoms with E-state index in [-0.39, 0.29) is 18.2 Å². The highest BCUT2D eigenvalue weighted by Crippen LogP contribution is 2.27. The van der Waals surface area contributed by atoms with Crippen molar-refractivity contribution in [2.45, 2.75) is 19.4 Å². The van der Waals surface area contributed by atoms with Crippen molar-refractivity contribution in [1.29, 1.82) is 0 Å². The summed E-state index contributed by atoms with van der Waals surface area (Å²) in [6.07, 6.45) is 5.15. The van der Waals surface area contributed by atoms with Crippen LogP contribution in [0.25, 0.3) is 17.0 Å². The number of para-hydroxylation sites is 1. The number of ether oxygens (including phenoxy) is 1. The molecule has 0 aliphatic carbocycles. The lowest BCUT2D eigenvalue weighted by molar-refractivity contribution is -0.144. The SMILES string of the molecule is COC(=O)C(Cc1c(/C=C2\C(=O)NN=C2c2cccnc2)[nH]c2ccccc12)NC(C)=O. The highest BCUT2D eigenvalue weighted by molar-refractivity contribution is 6.33. The summed E-state index contributed by atoms with van der Waals surface area (Å²) in [6, 6.07) is 10.3. The molecule has 1 aromatic carbocycles. The maximum absolute atomic E-state index is 12.6. The number of methoxy groups -OCH3 is 1. The third kappa shape index (κ3) is 4.13. The Morgan fingerprint density at radius 2 is 2.03 bits per heavy atom. The molecule has 0 saturated heterocycles. The van der Waals surface area contributed by atoms with E-state index in [1.807, 2.05) is 30.3 Å². The topological polar surface area (TPSA) is 126 Å². The van der Waals surface area contributed by atoms with E-state index in [4.69, 9.17) is 4.74 Å². The summed E-state index contributed by atoms with van der Waals surface area (Å²) in [5, 5.41) is 7.66. The van der Waals surface area contributed by atoms with E-state index in [1.54, 1.807) is 24.5 Å². The molecular weight excluding hydrogens is 410 g/mol. The van der Waals surface area contributed by atoms with Crippen molar-refractivity contribution < 1.29 is 19.1 Å². The number of hydrogen-bond donors (Lipinski definition) is 3. The molecule has 1 atom stereocenters. The van der Waals surface area contributed by atoms with Gasteiger partial charge in [0.05, 0.1) is 12.7 Å². The summed E-state index contributed by atoms with van der Waals surface area (Å²) in [7, 11) is 1.27. The highest BCUT2D eigenvalue weighted by atomic mass is 16.5. The van der Waals surface area contributed by atoms with Gasteiger partial charge in [0, 0.05) is 47.9 Å². The molecule has 9 nitrogen and oxygen atoms in total. The molecule has 3 N–H and O–H groups in total. The second-order valence-corrected chi connectivity index (χ2v) is 7.24. The largest absolute Gasteiger partial charge is 0.467 e. The number of rotatable bonds is 6. The number of esters is 1. The molecule has 1 aliphatic heterocycles. The molecular formula is C23H21N5O4. The van der Waals surface area contributed by atoms with Gasteiger partial charge in [0.1, 0.15) is 11.8 Å². The van der Waals surface area contributed by atoms with Crippen molar-refractivity contribution in [2.75, 3.05) is 7.11 Å². The van der Waals surface area contributed by atoms with Gasteiger partial charge in [-0.05, 0) is 29.8 Å². The van der Waals surface area contributed by atoms with Crippen LogP contribution in [0.15, 0.2) is 59.5 Å². The van der Waals surface area contributed by atoms with Gasteiger partial charge in [-0.2, -0.15) is 5.10 Å². The quantitative estimate of drug-likeness (QED) is 0.405. The van der Waals surface area contributed by atoms with Crippen molar-refractivity contribution in [1.82, 2.24) is 20.7 Å². The van der Waals surface area contributed by atoms with Gasteiger partial charge in [0.25, 0.3) is 5.91 Å². The molecule has 2 amide bonds. The van der Waals surface area contributed by atoms with Crippen LogP contribution in [0.2, 0.25) is 0 Å².